The number of halogens is 1. The van der Waals surface area contributed by atoms with E-state index in [1.54, 1.807) is 0 Å². The van der Waals surface area contributed by atoms with Crippen LogP contribution in [0.15, 0.2) is 0 Å². The molecule has 1 atom stereocenters. The van der Waals surface area contributed by atoms with Crippen LogP contribution in [0.25, 0.3) is 0 Å². The van der Waals surface area contributed by atoms with Crippen LogP contribution in [0.5, 0.6) is 0 Å². The molecule has 0 heterocycles. The Balaban J connectivity index is 4.18. The third-order valence-electron chi connectivity index (χ3n) is 2.51. The Bertz CT molecular complexity index is 222. The molecule has 3 nitrogen and oxygen atoms in total. The van der Waals surface area contributed by atoms with Crippen LogP contribution < -0.4 is 5.32 Å². The molecular formula is C12H25BrN2O. The lowest BCUT2D eigenvalue weighted by Crippen LogP contribution is -2.45. The lowest BCUT2D eigenvalue weighted by Gasteiger charge is -2.27. The number of amides is 1. The van der Waals surface area contributed by atoms with Crippen molar-refractivity contribution in [3.63, 3.8) is 0 Å². The van der Waals surface area contributed by atoms with Crippen LogP contribution in [0.3, 0.4) is 0 Å². The van der Waals surface area contributed by atoms with E-state index in [9.17, 15) is 4.79 Å². The number of likely N-dealkylation sites (N-methyl/N-ethyl adjacent to an activating group) is 1. The third kappa shape index (κ3) is 6.48. The highest BCUT2D eigenvalue weighted by Crippen LogP contribution is 2.15. The smallest absolute Gasteiger partial charge is 0.236 e. The fraction of sp³-hybridized carbons (Fsp3) is 0.917. The molecule has 0 saturated heterocycles. The number of nitrogens with one attached hydrogen (secondary N) is 1. The summed E-state index contributed by atoms with van der Waals surface area (Å²) in [7, 11) is 4.11. The molecule has 4 heteroatoms. The van der Waals surface area contributed by atoms with Crippen molar-refractivity contribution in [1.29, 1.82) is 0 Å². The van der Waals surface area contributed by atoms with Crippen molar-refractivity contribution >= 4 is 21.8 Å². The summed E-state index contributed by atoms with van der Waals surface area (Å²) in [4.78, 5) is 13.9. The molecule has 1 N–H and O–H groups in total. The molecule has 1 unspecified atom stereocenters. The highest BCUT2D eigenvalue weighted by Gasteiger charge is 2.24. The number of hydrogen-bond acceptors (Lipinski definition) is 2. The molecule has 1 amide bonds. The summed E-state index contributed by atoms with van der Waals surface area (Å²) < 4.78 is -0.484. The summed E-state index contributed by atoms with van der Waals surface area (Å²) in [5, 5.41) is 2.98. The Morgan fingerprint density at radius 2 is 1.88 bits per heavy atom. The maximum absolute atomic E-state index is 11.7. The Kier molecular flexibility index (Phi) is 6.56. The quantitative estimate of drug-likeness (QED) is 0.762. The van der Waals surface area contributed by atoms with Crippen molar-refractivity contribution in [2.24, 2.45) is 5.92 Å². The van der Waals surface area contributed by atoms with Crippen LogP contribution in [-0.2, 0) is 4.79 Å². The monoisotopic (exact) mass is 292 g/mol. The highest BCUT2D eigenvalue weighted by molar-refractivity contribution is 9.10. The van der Waals surface area contributed by atoms with Gasteiger partial charge in [0.2, 0.25) is 5.91 Å². The van der Waals surface area contributed by atoms with Crippen molar-refractivity contribution in [1.82, 2.24) is 10.2 Å². The van der Waals surface area contributed by atoms with Gasteiger partial charge in [0.25, 0.3) is 0 Å². The minimum atomic E-state index is -0.484. The van der Waals surface area contributed by atoms with Crippen molar-refractivity contribution < 1.29 is 4.79 Å². The Hall–Kier alpha value is -0.0900. The van der Waals surface area contributed by atoms with E-state index in [1.807, 2.05) is 13.8 Å². The minimum Gasteiger partial charge on any atom is -0.353 e. The molecule has 0 rings (SSSR count). The van der Waals surface area contributed by atoms with Gasteiger partial charge in [-0.05, 0) is 40.3 Å². The van der Waals surface area contributed by atoms with Crippen molar-refractivity contribution in [2.45, 2.75) is 44.5 Å². The van der Waals surface area contributed by atoms with Crippen molar-refractivity contribution in [3.8, 4) is 0 Å². The van der Waals surface area contributed by atoms with E-state index < -0.39 is 4.32 Å². The second-order valence-electron chi connectivity index (χ2n) is 5.43. The molecule has 96 valence electrons. The van der Waals surface area contributed by atoms with Gasteiger partial charge in [0.05, 0.1) is 4.32 Å². The molecule has 0 aromatic carbocycles. The van der Waals surface area contributed by atoms with Gasteiger partial charge in [-0.1, -0.05) is 29.8 Å². The van der Waals surface area contributed by atoms with Gasteiger partial charge in [-0.3, -0.25) is 4.79 Å². The zero-order valence-electron chi connectivity index (χ0n) is 11.3. The number of nitrogens with zero attached hydrogens (tertiary/aromatic N) is 1. The van der Waals surface area contributed by atoms with Crippen LogP contribution in [-0.4, -0.2) is 41.8 Å². The van der Waals surface area contributed by atoms with Gasteiger partial charge < -0.3 is 10.2 Å². The Morgan fingerprint density at radius 3 is 2.19 bits per heavy atom. The predicted molar refractivity (Wildman–Crippen MR) is 72.9 cm³/mol. The van der Waals surface area contributed by atoms with Crippen molar-refractivity contribution in [3.05, 3.63) is 0 Å². The molecule has 0 bridgehead atoms. The second kappa shape index (κ2) is 6.60. The second-order valence-corrected chi connectivity index (χ2v) is 7.41. The molecule has 16 heavy (non-hydrogen) atoms. The summed E-state index contributed by atoms with van der Waals surface area (Å²) in [5.74, 6) is 0.685. The fourth-order valence-corrected chi connectivity index (χ4v) is 1.58. The number of rotatable bonds is 6. The number of carbonyl (C=O) groups is 1. The summed E-state index contributed by atoms with van der Waals surface area (Å²) in [5.41, 5.74) is 0. The maximum atomic E-state index is 11.7. The first kappa shape index (κ1) is 15.9. The summed E-state index contributed by atoms with van der Waals surface area (Å²) in [6, 6.07) is 0.402. The highest BCUT2D eigenvalue weighted by atomic mass is 79.9. The number of carbonyl (C=O) groups excluding carboxylic acids is 1. The lowest BCUT2D eigenvalue weighted by atomic mass is 10.0. The average molecular weight is 293 g/mol. The predicted octanol–water partition coefficient (Wildman–Crippen LogP) is 2.25. The molecule has 0 spiro atoms. The zero-order valence-corrected chi connectivity index (χ0v) is 12.9. The largest absolute Gasteiger partial charge is 0.353 e. The van der Waals surface area contributed by atoms with Crippen molar-refractivity contribution in [2.75, 3.05) is 20.6 Å². The first-order chi connectivity index (χ1) is 7.14. The topological polar surface area (TPSA) is 32.3 Å². The molecule has 0 fully saturated rings. The normalized spacial score (nSPS) is 14.3. The number of alkyl halides is 1. The van der Waals surface area contributed by atoms with Crippen LogP contribution in [0, 0.1) is 5.92 Å². The maximum Gasteiger partial charge on any atom is 0.236 e. The van der Waals surface area contributed by atoms with E-state index in [0.29, 0.717) is 18.5 Å². The van der Waals surface area contributed by atoms with Gasteiger partial charge in [0.15, 0.2) is 0 Å². The Labute approximate surface area is 108 Å². The fourth-order valence-electron chi connectivity index (χ4n) is 1.44. The van der Waals surface area contributed by atoms with Gasteiger partial charge >= 0.3 is 0 Å². The molecule has 0 saturated carbocycles. The zero-order chi connectivity index (χ0) is 12.9. The van der Waals surface area contributed by atoms with E-state index in [4.69, 9.17) is 0 Å². The molecular weight excluding hydrogens is 268 g/mol. The van der Waals surface area contributed by atoms with E-state index in [2.05, 4.69) is 54.1 Å². The van der Waals surface area contributed by atoms with E-state index in [1.165, 1.54) is 0 Å². The molecule has 0 aromatic rings. The molecule has 0 aliphatic carbocycles. The summed E-state index contributed by atoms with van der Waals surface area (Å²) in [6.45, 7) is 8.82. The van der Waals surface area contributed by atoms with Crippen LogP contribution in [0.4, 0.5) is 0 Å². The summed E-state index contributed by atoms with van der Waals surface area (Å²) in [6.07, 6.45) is 1.09. The van der Waals surface area contributed by atoms with E-state index >= 15 is 0 Å². The van der Waals surface area contributed by atoms with Gasteiger partial charge in [0, 0.05) is 12.6 Å². The van der Waals surface area contributed by atoms with Crippen LogP contribution in [0.1, 0.15) is 34.1 Å². The van der Waals surface area contributed by atoms with Gasteiger partial charge in [0.1, 0.15) is 0 Å². The average Bonchev–Trinajstić information content (AvgIpc) is 2.08. The molecule has 0 aliphatic rings. The van der Waals surface area contributed by atoms with Crippen LogP contribution in [0.2, 0.25) is 0 Å². The molecule has 0 aliphatic heterocycles. The van der Waals surface area contributed by atoms with Crippen LogP contribution >= 0.6 is 15.9 Å². The minimum absolute atomic E-state index is 0.0445. The Morgan fingerprint density at radius 1 is 1.38 bits per heavy atom. The van der Waals surface area contributed by atoms with E-state index in [-0.39, 0.29) is 5.91 Å². The standard InChI is InChI=1S/C12H25BrN2O/c1-9(2)7-10(15(5)6)8-14-11(16)12(3,4)13/h9-10H,7-8H2,1-6H3,(H,14,16). The van der Waals surface area contributed by atoms with Gasteiger partial charge in [-0.15, -0.1) is 0 Å². The lowest BCUT2D eigenvalue weighted by molar-refractivity contribution is -0.122. The van der Waals surface area contributed by atoms with Gasteiger partial charge in [-0.2, -0.15) is 0 Å². The molecule has 0 aromatic heterocycles. The summed E-state index contributed by atoms with van der Waals surface area (Å²) >= 11 is 3.36. The first-order valence-corrected chi connectivity index (χ1v) is 6.57. The first-order valence-electron chi connectivity index (χ1n) is 5.78. The van der Waals surface area contributed by atoms with E-state index in [0.717, 1.165) is 6.42 Å². The van der Waals surface area contributed by atoms with Gasteiger partial charge in [-0.25, -0.2) is 0 Å². The number of hydrogen-bond donors (Lipinski definition) is 1. The SMILES string of the molecule is CC(C)CC(CNC(=O)C(C)(C)Br)N(C)C. The third-order valence-corrected chi connectivity index (χ3v) is 2.87. The molecule has 0 radical (unpaired) electrons.